The average molecular weight is 273 g/mol. The van der Waals surface area contributed by atoms with E-state index in [0.29, 0.717) is 12.1 Å². The molecule has 106 valence electrons. The second-order valence-electron chi connectivity index (χ2n) is 5.12. The van der Waals surface area contributed by atoms with Gasteiger partial charge in [0.15, 0.2) is 0 Å². The van der Waals surface area contributed by atoms with E-state index >= 15 is 0 Å². The van der Waals surface area contributed by atoms with Gasteiger partial charge in [-0.1, -0.05) is 12.1 Å². The van der Waals surface area contributed by atoms with E-state index in [1.54, 1.807) is 12.1 Å². The lowest BCUT2D eigenvalue weighted by Gasteiger charge is -2.13. The molecule has 0 bridgehead atoms. The molecule has 2 nitrogen and oxygen atoms in total. The highest BCUT2D eigenvalue weighted by Crippen LogP contribution is 2.24. The number of hydrogen-bond acceptors (Lipinski definition) is 2. The molecule has 3 heteroatoms. The predicted octanol–water partition coefficient (Wildman–Crippen LogP) is 3.79. The Bertz CT molecular complexity index is 623. The fourth-order valence-corrected chi connectivity index (χ4v) is 2.17. The van der Waals surface area contributed by atoms with Crippen LogP contribution in [0, 0.1) is 26.6 Å². The molecular weight excluding hydrogens is 253 g/mol. The van der Waals surface area contributed by atoms with Crippen molar-refractivity contribution < 1.29 is 9.13 Å². The van der Waals surface area contributed by atoms with E-state index in [2.05, 4.69) is 6.07 Å². The minimum absolute atomic E-state index is 0.212. The largest absolute Gasteiger partial charge is 0.489 e. The number of hydrogen-bond donors (Lipinski definition) is 1. The summed E-state index contributed by atoms with van der Waals surface area (Å²) in [7, 11) is 0. The van der Waals surface area contributed by atoms with E-state index in [0.717, 1.165) is 22.4 Å². The van der Waals surface area contributed by atoms with Crippen molar-refractivity contribution in [2.45, 2.75) is 33.9 Å². The molecule has 0 aliphatic rings. The Kier molecular flexibility index (Phi) is 4.40. The van der Waals surface area contributed by atoms with Crippen molar-refractivity contribution in [3.63, 3.8) is 0 Å². The third-order valence-electron chi connectivity index (χ3n) is 3.49. The first-order valence-electron chi connectivity index (χ1n) is 6.69. The van der Waals surface area contributed by atoms with Crippen LogP contribution in [0.1, 0.15) is 27.8 Å². The molecule has 0 amide bonds. The quantitative estimate of drug-likeness (QED) is 0.920. The van der Waals surface area contributed by atoms with Gasteiger partial charge < -0.3 is 10.5 Å². The summed E-state index contributed by atoms with van der Waals surface area (Å²) < 4.78 is 19.5. The highest BCUT2D eigenvalue weighted by Gasteiger charge is 2.07. The van der Waals surface area contributed by atoms with Crippen molar-refractivity contribution in [3.05, 3.63) is 64.0 Å². The van der Waals surface area contributed by atoms with Crippen molar-refractivity contribution in [1.29, 1.82) is 0 Å². The molecule has 0 atom stereocenters. The van der Waals surface area contributed by atoms with Gasteiger partial charge in [-0.3, -0.25) is 0 Å². The van der Waals surface area contributed by atoms with Crippen LogP contribution in [-0.4, -0.2) is 0 Å². The zero-order valence-corrected chi connectivity index (χ0v) is 12.2. The fraction of sp³-hybridized carbons (Fsp3) is 0.294. The third kappa shape index (κ3) is 3.17. The number of aryl methyl sites for hydroxylation is 2. The maximum atomic E-state index is 13.7. The molecule has 2 rings (SSSR count). The first-order chi connectivity index (χ1) is 9.51. The van der Waals surface area contributed by atoms with Gasteiger partial charge in [-0.15, -0.1) is 0 Å². The van der Waals surface area contributed by atoms with Gasteiger partial charge in [0.25, 0.3) is 0 Å². The third-order valence-corrected chi connectivity index (χ3v) is 3.49. The van der Waals surface area contributed by atoms with Gasteiger partial charge in [-0.25, -0.2) is 4.39 Å². The molecule has 0 saturated heterocycles. The molecule has 0 aliphatic heterocycles. The van der Waals surface area contributed by atoms with E-state index < -0.39 is 0 Å². The summed E-state index contributed by atoms with van der Waals surface area (Å²) in [5.41, 5.74) is 10.4. The zero-order valence-electron chi connectivity index (χ0n) is 12.2. The summed E-state index contributed by atoms with van der Waals surface area (Å²) in [6.45, 7) is 6.69. The van der Waals surface area contributed by atoms with Crippen LogP contribution < -0.4 is 10.5 Å². The Morgan fingerprint density at radius 2 is 1.85 bits per heavy atom. The average Bonchev–Trinajstić information content (AvgIpc) is 2.42. The van der Waals surface area contributed by atoms with Gasteiger partial charge in [0, 0.05) is 12.1 Å². The van der Waals surface area contributed by atoms with Crippen molar-refractivity contribution in [3.8, 4) is 5.75 Å². The number of ether oxygens (including phenoxy) is 1. The van der Waals surface area contributed by atoms with Crippen LogP contribution >= 0.6 is 0 Å². The lowest BCUT2D eigenvalue weighted by molar-refractivity contribution is 0.297. The standard InChI is InChI=1S/C17H20FNO/c1-11-6-12(2)13(3)17(7-11)20-10-15-8-14(9-19)4-5-16(15)18/h4-8H,9-10,19H2,1-3H3. The molecule has 0 heterocycles. The Labute approximate surface area is 119 Å². The van der Waals surface area contributed by atoms with E-state index in [-0.39, 0.29) is 12.4 Å². The molecule has 0 aromatic heterocycles. The predicted molar refractivity (Wildman–Crippen MR) is 79.3 cm³/mol. The molecule has 0 spiro atoms. The summed E-state index contributed by atoms with van der Waals surface area (Å²) in [5, 5.41) is 0. The first kappa shape index (κ1) is 14.5. The van der Waals surface area contributed by atoms with Crippen LogP contribution in [0.2, 0.25) is 0 Å². The minimum atomic E-state index is -0.260. The van der Waals surface area contributed by atoms with Gasteiger partial charge in [0.1, 0.15) is 18.2 Å². The van der Waals surface area contributed by atoms with Gasteiger partial charge in [-0.05, 0) is 61.2 Å². The van der Waals surface area contributed by atoms with Crippen LogP contribution in [-0.2, 0) is 13.2 Å². The SMILES string of the molecule is Cc1cc(C)c(C)c(OCc2cc(CN)ccc2F)c1. The Hall–Kier alpha value is -1.87. The van der Waals surface area contributed by atoms with E-state index in [4.69, 9.17) is 10.5 Å². The summed E-state index contributed by atoms with van der Waals surface area (Å²) in [6.07, 6.45) is 0. The van der Waals surface area contributed by atoms with Gasteiger partial charge in [0.2, 0.25) is 0 Å². The summed E-state index contributed by atoms with van der Waals surface area (Å²) >= 11 is 0. The molecule has 0 unspecified atom stereocenters. The topological polar surface area (TPSA) is 35.2 Å². The second-order valence-corrected chi connectivity index (χ2v) is 5.12. The van der Waals surface area contributed by atoms with Gasteiger partial charge in [0.05, 0.1) is 0 Å². The summed E-state index contributed by atoms with van der Waals surface area (Å²) in [6, 6.07) is 8.98. The Morgan fingerprint density at radius 1 is 1.10 bits per heavy atom. The lowest BCUT2D eigenvalue weighted by atomic mass is 10.1. The van der Waals surface area contributed by atoms with E-state index in [1.807, 2.05) is 26.8 Å². The van der Waals surface area contributed by atoms with Crippen LogP contribution in [0.15, 0.2) is 30.3 Å². The maximum absolute atomic E-state index is 13.7. The highest BCUT2D eigenvalue weighted by molar-refractivity contribution is 5.42. The zero-order chi connectivity index (χ0) is 14.7. The van der Waals surface area contributed by atoms with Crippen LogP contribution in [0.3, 0.4) is 0 Å². The fourth-order valence-electron chi connectivity index (χ4n) is 2.17. The number of nitrogens with two attached hydrogens (primary N) is 1. The molecule has 20 heavy (non-hydrogen) atoms. The molecule has 0 radical (unpaired) electrons. The van der Waals surface area contributed by atoms with Gasteiger partial charge >= 0.3 is 0 Å². The summed E-state index contributed by atoms with van der Waals surface area (Å²) in [4.78, 5) is 0. The minimum Gasteiger partial charge on any atom is -0.489 e. The molecule has 0 fully saturated rings. The second kappa shape index (κ2) is 6.06. The number of rotatable bonds is 4. The molecular formula is C17H20FNO. The lowest BCUT2D eigenvalue weighted by Crippen LogP contribution is -2.03. The van der Waals surface area contributed by atoms with Crippen molar-refractivity contribution in [1.82, 2.24) is 0 Å². The van der Waals surface area contributed by atoms with Crippen LogP contribution in [0.4, 0.5) is 4.39 Å². The molecule has 2 aromatic rings. The Morgan fingerprint density at radius 3 is 2.55 bits per heavy atom. The van der Waals surface area contributed by atoms with Crippen LogP contribution in [0.5, 0.6) is 5.75 Å². The van der Waals surface area contributed by atoms with Crippen molar-refractivity contribution >= 4 is 0 Å². The smallest absolute Gasteiger partial charge is 0.129 e. The monoisotopic (exact) mass is 273 g/mol. The van der Waals surface area contributed by atoms with E-state index in [1.165, 1.54) is 11.6 Å². The maximum Gasteiger partial charge on any atom is 0.129 e. The number of benzene rings is 2. The Balaban J connectivity index is 2.21. The molecule has 0 aliphatic carbocycles. The normalized spacial score (nSPS) is 10.7. The van der Waals surface area contributed by atoms with Crippen molar-refractivity contribution in [2.24, 2.45) is 5.73 Å². The highest BCUT2D eigenvalue weighted by atomic mass is 19.1. The van der Waals surface area contributed by atoms with Crippen molar-refractivity contribution in [2.75, 3.05) is 0 Å². The molecule has 0 saturated carbocycles. The van der Waals surface area contributed by atoms with E-state index in [9.17, 15) is 4.39 Å². The van der Waals surface area contributed by atoms with Crippen LogP contribution in [0.25, 0.3) is 0 Å². The first-order valence-corrected chi connectivity index (χ1v) is 6.69. The van der Waals surface area contributed by atoms with Gasteiger partial charge in [-0.2, -0.15) is 0 Å². The number of halogens is 1. The molecule has 2 aromatic carbocycles. The molecule has 2 N–H and O–H groups in total. The summed E-state index contributed by atoms with van der Waals surface area (Å²) in [5.74, 6) is 0.546.